The highest BCUT2D eigenvalue weighted by molar-refractivity contribution is 5.97. The molecule has 17 heavy (non-hydrogen) atoms. The SMILES string of the molecule is CC(C)C1C(=O)N2CCCC2C(=O)N1CCF. The van der Waals surface area contributed by atoms with Gasteiger partial charge in [0, 0.05) is 13.1 Å². The molecular weight excluding hydrogens is 223 g/mol. The molecule has 0 aromatic carbocycles. The Morgan fingerprint density at radius 1 is 1.35 bits per heavy atom. The first kappa shape index (κ1) is 12.3. The number of rotatable bonds is 3. The molecule has 0 aromatic rings. The second kappa shape index (κ2) is 4.63. The van der Waals surface area contributed by atoms with E-state index in [-0.39, 0.29) is 30.3 Å². The van der Waals surface area contributed by atoms with Crippen LogP contribution in [0.15, 0.2) is 0 Å². The maximum absolute atomic E-state index is 12.5. The molecule has 2 saturated heterocycles. The fourth-order valence-electron chi connectivity index (χ4n) is 2.90. The molecule has 0 radical (unpaired) electrons. The lowest BCUT2D eigenvalue weighted by molar-refractivity contribution is -0.161. The third-order valence-electron chi connectivity index (χ3n) is 3.65. The minimum atomic E-state index is -0.588. The summed E-state index contributed by atoms with van der Waals surface area (Å²) in [4.78, 5) is 27.6. The molecule has 0 aliphatic carbocycles. The molecule has 2 rings (SSSR count). The van der Waals surface area contributed by atoms with Crippen molar-refractivity contribution < 1.29 is 14.0 Å². The van der Waals surface area contributed by atoms with E-state index in [0.29, 0.717) is 6.54 Å². The summed E-state index contributed by atoms with van der Waals surface area (Å²) >= 11 is 0. The maximum Gasteiger partial charge on any atom is 0.246 e. The lowest BCUT2D eigenvalue weighted by atomic mass is 9.96. The number of fused-ring (bicyclic) bond motifs is 1. The van der Waals surface area contributed by atoms with Crippen LogP contribution < -0.4 is 0 Å². The average molecular weight is 242 g/mol. The molecule has 0 bridgehead atoms. The van der Waals surface area contributed by atoms with E-state index >= 15 is 0 Å². The molecule has 2 fully saturated rings. The molecule has 2 amide bonds. The second-order valence-corrected chi connectivity index (χ2v) is 5.10. The van der Waals surface area contributed by atoms with Crippen LogP contribution in [0.4, 0.5) is 4.39 Å². The molecule has 0 N–H and O–H groups in total. The van der Waals surface area contributed by atoms with Crippen molar-refractivity contribution in [3.63, 3.8) is 0 Å². The second-order valence-electron chi connectivity index (χ2n) is 5.10. The van der Waals surface area contributed by atoms with Crippen LogP contribution in [0.2, 0.25) is 0 Å². The van der Waals surface area contributed by atoms with Crippen molar-refractivity contribution in [1.29, 1.82) is 0 Å². The number of nitrogens with zero attached hydrogens (tertiary/aromatic N) is 2. The first-order chi connectivity index (χ1) is 8.07. The number of alkyl halides is 1. The third kappa shape index (κ3) is 1.91. The Balaban J connectivity index is 2.28. The number of hydrogen-bond acceptors (Lipinski definition) is 2. The Kier molecular flexibility index (Phi) is 3.35. The van der Waals surface area contributed by atoms with Gasteiger partial charge in [-0.05, 0) is 18.8 Å². The molecule has 0 aromatic heterocycles. The Bertz CT molecular complexity index is 332. The monoisotopic (exact) mass is 242 g/mol. The van der Waals surface area contributed by atoms with Gasteiger partial charge in [0.15, 0.2) is 0 Å². The maximum atomic E-state index is 12.5. The van der Waals surface area contributed by atoms with Crippen LogP contribution in [0.25, 0.3) is 0 Å². The quantitative estimate of drug-likeness (QED) is 0.735. The van der Waals surface area contributed by atoms with Crippen molar-refractivity contribution in [3.8, 4) is 0 Å². The van der Waals surface area contributed by atoms with E-state index in [1.165, 1.54) is 4.90 Å². The van der Waals surface area contributed by atoms with Gasteiger partial charge in [-0.2, -0.15) is 0 Å². The van der Waals surface area contributed by atoms with Crippen LogP contribution in [0.3, 0.4) is 0 Å². The van der Waals surface area contributed by atoms with E-state index in [1.807, 2.05) is 13.8 Å². The number of halogens is 1. The highest BCUT2D eigenvalue weighted by atomic mass is 19.1. The highest BCUT2D eigenvalue weighted by Crippen LogP contribution is 2.29. The van der Waals surface area contributed by atoms with Gasteiger partial charge < -0.3 is 9.80 Å². The Morgan fingerprint density at radius 3 is 2.65 bits per heavy atom. The smallest absolute Gasteiger partial charge is 0.246 e. The Morgan fingerprint density at radius 2 is 2.06 bits per heavy atom. The van der Waals surface area contributed by atoms with Crippen LogP contribution >= 0.6 is 0 Å². The van der Waals surface area contributed by atoms with Crippen LogP contribution in [0.5, 0.6) is 0 Å². The zero-order valence-corrected chi connectivity index (χ0v) is 10.4. The topological polar surface area (TPSA) is 40.6 Å². The van der Waals surface area contributed by atoms with Gasteiger partial charge in [-0.1, -0.05) is 13.8 Å². The average Bonchev–Trinajstić information content (AvgIpc) is 2.74. The minimum absolute atomic E-state index is 0.00412. The van der Waals surface area contributed by atoms with Crippen molar-refractivity contribution in [1.82, 2.24) is 9.80 Å². The number of amides is 2. The molecule has 96 valence electrons. The van der Waals surface area contributed by atoms with Gasteiger partial charge in [0.1, 0.15) is 18.8 Å². The summed E-state index contributed by atoms with van der Waals surface area (Å²) in [5.74, 6) is -0.0476. The predicted octanol–water partition coefficient (Wildman–Crippen LogP) is 0.814. The summed E-state index contributed by atoms with van der Waals surface area (Å²) in [5, 5.41) is 0. The molecule has 2 unspecified atom stereocenters. The number of hydrogen-bond donors (Lipinski definition) is 0. The highest BCUT2D eigenvalue weighted by Gasteiger charge is 2.48. The van der Waals surface area contributed by atoms with E-state index in [0.717, 1.165) is 12.8 Å². The first-order valence-corrected chi connectivity index (χ1v) is 6.25. The van der Waals surface area contributed by atoms with Crippen LogP contribution in [-0.4, -0.2) is 53.5 Å². The van der Waals surface area contributed by atoms with Crippen molar-refractivity contribution in [3.05, 3.63) is 0 Å². The largest absolute Gasteiger partial charge is 0.329 e. The van der Waals surface area contributed by atoms with Gasteiger partial charge in [0.25, 0.3) is 0 Å². The minimum Gasteiger partial charge on any atom is -0.329 e. The fraction of sp³-hybridized carbons (Fsp3) is 0.833. The standard InChI is InChI=1S/C12H19FN2O2/c1-8(2)10-12(17)14-6-3-4-9(14)11(16)15(10)7-5-13/h8-10H,3-7H2,1-2H3. The zero-order chi connectivity index (χ0) is 12.6. The van der Waals surface area contributed by atoms with Crippen molar-refractivity contribution >= 4 is 11.8 Å². The van der Waals surface area contributed by atoms with Gasteiger partial charge >= 0.3 is 0 Å². The molecule has 0 saturated carbocycles. The molecule has 2 aliphatic heterocycles. The van der Waals surface area contributed by atoms with E-state index in [9.17, 15) is 14.0 Å². The lowest BCUT2D eigenvalue weighted by Gasteiger charge is -2.43. The van der Waals surface area contributed by atoms with E-state index in [2.05, 4.69) is 0 Å². The summed E-state index contributed by atoms with van der Waals surface area (Å²) in [6.07, 6.45) is 1.59. The van der Waals surface area contributed by atoms with Crippen molar-refractivity contribution in [2.24, 2.45) is 5.92 Å². The molecule has 2 heterocycles. The van der Waals surface area contributed by atoms with E-state index in [4.69, 9.17) is 0 Å². The summed E-state index contributed by atoms with van der Waals surface area (Å²) in [6, 6.07) is -0.809. The van der Waals surface area contributed by atoms with E-state index in [1.54, 1.807) is 4.90 Å². The van der Waals surface area contributed by atoms with Gasteiger partial charge in [0.2, 0.25) is 11.8 Å². The Hall–Kier alpha value is -1.13. The van der Waals surface area contributed by atoms with Crippen LogP contribution in [0, 0.1) is 5.92 Å². The van der Waals surface area contributed by atoms with Crippen LogP contribution in [-0.2, 0) is 9.59 Å². The fourth-order valence-corrected chi connectivity index (χ4v) is 2.90. The first-order valence-electron chi connectivity index (χ1n) is 6.25. The third-order valence-corrected chi connectivity index (χ3v) is 3.65. The molecule has 2 aliphatic rings. The van der Waals surface area contributed by atoms with Gasteiger partial charge in [-0.15, -0.1) is 0 Å². The molecular formula is C12H19FN2O2. The summed E-state index contributed by atoms with van der Waals surface area (Å²) in [7, 11) is 0. The normalized spacial score (nSPS) is 29.2. The summed E-state index contributed by atoms with van der Waals surface area (Å²) in [5.41, 5.74) is 0. The van der Waals surface area contributed by atoms with Gasteiger partial charge in [-0.25, -0.2) is 4.39 Å². The molecule has 0 spiro atoms. The summed E-state index contributed by atoms with van der Waals surface area (Å²) < 4.78 is 12.5. The predicted molar refractivity (Wildman–Crippen MR) is 61.0 cm³/mol. The number of carbonyl (C=O) groups excluding carboxylic acids is 2. The van der Waals surface area contributed by atoms with Crippen LogP contribution in [0.1, 0.15) is 26.7 Å². The molecule has 5 heteroatoms. The zero-order valence-electron chi connectivity index (χ0n) is 10.4. The number of carbonyl (C=O) groups is 2. The van der Waals surface area contributed by atoms with Crippen molar-refractivity contribution in [2.75, 3.05) is 19.8 Å². The molecule has 4 nitrogen and oxygen atoms in total. The van der Waals surface area contributed by atoms with Crippen molar-refractivity contribution in [2.45, 2.75) is 38.8 Å². The Labute approximate surface area is 101 Å². The lowest BCUT2D eigenvalue weighted by Crippen LogP contribution is -2.64. The molecule has 2 atom stereocenters. The number of piperazine rings is 1. The summed E-state index contributed by atoms with van der Waals surface area (Å²) in [6.45, 7) is 3.92. The van der Waals surface area contributed by atoms with Gasteiger partial charge in [0.05, 0.1) is 0 Å². The van der Waals surface area contributed by atoms with Gasteiger partial charge in [-0.3, -0.25) is 9.59 Å². The van der Waals surface area contributed by atoms with E-state index < -0.39 is 12.7 Å².